The highest BCUT2D eigenvalue weighted by Crippen LogP contribution is 2.30. The van der Waals surface area contributed by atoms with Crippen molar-refractivity contribution in [2.45, 2.75) is 17.9 Å². The number of thioether (sulfide) groups is 1. The molecule has 0 bridgehead atoms. The molecule has 0 saturated heterocycles. The van der Waals surface area contributed by atoms with E-state index >= 15 is 0 Å². The number of carboxylic acid groups (broad SMARTS) is 1. The summed E-state index contributed by atoms with van der Waals surface area (Å²) >= 11 is 1.43. The minimum absolute atomic E-state index is 0.110. The number of hydrogen-bond acceptors (Lipinski definition) is 4. The molecule has 0 aromatic heterocycles. The number of anilines is 1. The predicted octanol–water partition coefficient (Wildman–Crippen LogP) is 3.41. The zero-order valence-electron chi connectivity index (χ0n) is 11.5. The fourth-order valence-corrected chi connectivity index (χ4v) is 2.65. The summed E-state index contributed by atoms with van der Waals surface area (Å²) in [5.41, 5.74) is 7.62. The molecule has 110 valence electrons. The zero-order valence-corrected chi connectivity index (χ0v) is 12.3. The van der Waals surface area contributed by atoms with E-state index in [0.29, 0.717) is 18.0 Å². The Labute approximate surface area is 127 Å². The van der Waals surface area contributed by atoms with E-state index in [2.05, 4.69) is 0 Å². The molecule has 0 atom stereocenters. The molecule has 0 saturated carbocycles. The predicted molar refractivity (Wildman–Crippen MR) is 84.6 cm³/mol. The fourth-order valence-electron chi connectivity index (χ4n) is 1.72. The number of hydrogen-bond donors (Lipinski definition) is 2. The molecule has 2 aromatic carbocycles. The number of ether oxygens (including phenoxy) is 1. The summed E-state index contributed by atoms with van der Waals surface area (Å²) in [6, 6.07) is 15.3. The molecule has 0 amide bonds. The highest BCUT2D eigenvalue weighted by atomic mass is 32.2. The average Bonchev–Trinajstić information content (AvgIpc) is 2.48. The van der Waals surface area contributed by atoms with Gasteiger partial charge in [-0.05, 0) is 23.8 Å². The van der Waals surface area contributed by atoms with Crippen molar-refractivity contribution < 1.29 is 14.6 Å². The smallest absolute Gasteiger partial charge is 0.304 e. The molecule has 0 aliphatic rings. The first kappa shape index (κ1) is 15.3. The molecular formula is C16H17NO3S. The lowest BCUT2D eigenvalue weighted by Crippen LogP contribution is -1.98. The first-order chi connectivity index (χ1) is 10.1. The first-order valence-electron chi connectivity index (χ1n) is 6.56. The van der Waals surface area contributed by atoms with Crippen molar-refractivity contribution in [2.24, 2.45) is 0 Å². The molecule has 0 fully saturated rings. The number of carboxylic acids is 1. The van der Waals surface area contributed by atoms with E-state index in [9.17, 15) is 4.79 Å². The lowest BCUT2D eigenvalue weighted by molar-refractivity contribution is -0.136. The first-order valence-corrected chi connectivity index (χ1v) is 7.54. The van der Waals surface area contributed by atoms with E-state index in [-0.39, 0.29) is 6.42 Å². The summed E-state index contributed by atoms with van der Waals surface area (Å²) < 4.78 is 5.73. The standard InChI is InChI=1S/C16H17NO3S/c17-14-7-6-13(10-15(14)21-9-8-16(18)19)20-11-12-4-2-1-3-5-12/h1-7,10H,8-9,11,17H2,(H,18,19). The van der Waals surface area contributed by atoms with Gasteiger partial charge < -0.3 is 15.6 Å². The molecule has 0 heterocycles. The average molecular weight is 303 g/mol. The fraction of sp³-hybridized carbons (Fsp3) is 0.188. The zero-order chi connectivity index (χ0) is 15.1. The summed E-state index contributed by atoms with van der Waals surface area (Å²) in [4.78, 5) is 11.4. The van der Waals surface area contributed by atoms with Gasteiger partial charge in [0, 0.05) is 16.3 Å². The second-order valence-electron chi connectivity index (χ2n) is 4.47. The lowest BCUT2D eigenvalue weighted by atomic mass is 10.2. The van der Waals surface area contributed by atoms with Gasteiger partial charge in [-0.1, -0.05) is 30.3 Å². The van der Waals surface area contributed by atoms with Gasteiger partial charge in [0.1, 0.15) is 12.4 Å². The van der Waals surface area contributed by atoms with E-state index in [0.717, 1.165) is 16.2 Å². The van der Waals surface area contributed by atoms with Gasteiger partial charge in [0.25, 0.3) is 0 Å². The maximum absolute atomic E-state index is 10.5. The van der Waals surface area contributed by atoms with Crippen LogP contribution in [0.5, 0.6) is 5.75 Å². The van der Waals surface area contributed by atoms with Gasteiger partial charge in [-0.2, -0.15) is 0 Å². The summed E-state index contributed by atoms with van der Waals surface area (Å²) in [6.07, 6.45) is 0.110. The van der Waals surface area contributed by atoms with E-state index < -0.39 is 5.97 Å². The Morgan fingerprint density at radius 3 is 2.67 bits per heavy atom. The second-order valence-corrected chi connectivity index (χ2v) is 5.60. The normalized spacial score (nSPS) is 10.3. The van der Waals surface area contributed by atoms with Crippen LogP contribution < -0.4 is 10.5 Å². The number of nitrogens with two attached hydrogens (primary N) is 1. The summed E-state index contributed by atoms with van der Waals surface area (Å²) in [7, 11) is 0. The number of carbonyl (C=O) groups is 1. The van der Waals surface area contributed by atoms with E-state index in [1.807, 2.05) is 42.5 Å². The van der Waals surface area contributed by atoms with Crippen LogP contribution >= 0.6 is 11.8 Å². The Morgan fingerprint density at radius 1 is 1.19 bits per heavy atom. The third-order valence-corrected chi connectivity index (χ3v) is 3.88. The molecule has 2 rings (SSSR count). The monoisotopic (exact) mass is 303 g/mol. The topological polar surface area (TPSA) is 72.5 Å². The molecule has 0 unspecified atom stereocenters. The highest BCUT2D eigenvalue weighted by molar-refractivity contribution is 7.99. The van der Waals surface area contributed by atoms with E-state index in [4.69, 9.17) is 15.6 Å². The van der Waals surface area contributed by atoms with Crippen LogP contribution in [0, 0.1) is 0 Å². The molecule has 2 aromatic rings. The Hall–Kier alpha value is -2.14. The van der Waals surface area contributed by atoms with Crippen molar-refractivity contribution >= 4 is 23.4 Å². The molecule has 3 N–H and O–H groups in total. The quantitative estimate of drug-likeness (QED) is 0.606. The van der Waals surface area contributed by atoms with Crippen molar-refractivity contribution in [1.82, 2.24) is 0 Å². The third kappa shape index (κ3) is 5.04. The molecule has 0 aliphatic heterocycles. The molecule has 0 aliphatic carbocycles. The van der Waals surface area contributed by atoms with Gasteiger partial charge in [0.2, 0.25) is 0 Å². The molecule has 21 heavy (non-hydrogen) atoms. The van der Waals surface area contributed by atoms with Crippen LogP contribution in [0.15, 0.2) is 53.4 Å². The van der Waals surface area contributed by atoms with Gasteiger partial charge in [-0.25, -0.2) is 0 Å². The molecule has 0 spiro atoms. The van der Waals surface area contributed by atoms with Crippen molar-refractivity contribution in [3.63, 3.8) is 0 Å². The number of nitrogen functional groups attached to an aromatic ring is 1. The van der Waals surface area contributed by atoms with Gasteiger partial charge in [0.05, 0.1) is 6.42 Å². The van der Waals surface area contributed by atoms with Crippen molar-refractivity contribution in [3.8, 4) is 5.75 Å². The molecular weight excluding hydrogens is 286 g/mol. The third-order valence-electron chi connectivity index (χ3n) is 2.81. The summed E-state index contributed by atoms with van der Waals surface area (Å²) in [5.74, 6) is 0.408. The SMILES string of the molecule is Nc1ccc(OCc2ccccc2)cc1SCCC(=O)O. The van der Waals surface area contributed by atoms with Crippen LogP contribution in [0.3, 0.4) is 0 Å². The molecule has 0 radical (unpaired) electrons. The Balaban J connectivity index is 1.96. The summed E-state index contributed by atoms with van der Waals surface area (Å²) in [6.45, 7) is 0.490. The maximum Gasteiger partial charge on any atom is 0.304 e. The maximum atomic E-state index is 10.5. The second kappa shape index (κ2) is 7.59. The number of benzene rings is 2. The van der Waals surface area contributed by atoms with E-state index in [1.54, 1.807) is 6.07 Å². The van der Waals surface area contributed by atoms with E-state index in [1.165, 1.54) is 11.8 Å². The van der Waals surface area contributed by atoms with Crippen molar-refractivity contribution in [1.29, 1.82) is 0 Å². The number of aliphatic carboxylic acids is 1. The molecule has 4 nitrogen and oxygen atoms in total. The van der Waals surface area contributed by atoms with Crippen LogP contribution in [0.1, 0.15) is 12.0 Å². The van der Waals surface area contributed by atoms with Crippen molar-refractivity contribution in [3.05, 3.63) is 54.1 Å². The lowest BCUT2D eigenvalue weighted by Gasteiger charge is -2.10. The van der Waals surface area contributed by atoms with Gasteiger partial charge in [0.15, 0.2) is 0 Å². The van der Waals surface area contributed by atoms with Crippen molar-refractivity contribution in [2.75, 3.05) is 11.5 Å². The van der Waals surface area contributed by atoms with Crippen LogP contribution in [-0.2, 0) is 11.4 Å². The van der Waals surface area contributed by atoms with Crippen LogP contribution in [0.2, 0.25) is 0 Å². The minimum atomic E-state index is -0.808. The van der Waals surface area contributed by atoms with Crippen LogP contribution in [-0.4, -0.2) is 16.8 Å². The summed E-state index contributed by atoms with van der Waals surface area (Å²) in [5, 5.41) is 8.66. The van der Waals surface area contributed by atoms with Crippen LogP contribution in [0.4, 0.5) is 5.69 Å². The van der Waals surface area contributed by atoms with Gasteiger partial charge in [-0.15, -0.1) is 11.8 Å². The molecule has 5 heteroatoms. The largest absolute Gasteiger partial charge is 0.489 e. The highest BCUT2D eigenvalue weighted by Gasteiger charge is 2.05. The Bertz CT molecular complexity index is 602. The van der Waals surface area contributed by atoms with Crippen LogP contribution in [0.25, 0.3) is 0 Å². The van der Waals surface area contributed by atoms with Gasteiger partial charge >= 0.3 is 5.97 Å². The minimum Gasteiger partial charge on any atom is -0.489 e. The number of rotatable bonds is 7. The Morgan fingerprint density at radius 2 is 1.95 bits per heavy atom. The van der Waals surface area contributed by atoms with Gasteiger partial charge in [-0.3, -0.25) is 4.79 Å². The Kier molecular flexibility index (Phi) is 5.51.